The van der Waals surface area contributed by atoms with Crippen LogP contribution >= 0.6 is 11.8 Å². The van der Waals surface area contributed by atoms with Crippen molar-refractivity contribution in [3.05, 3.63) is 23.8 Å². The standard InChI is InChI=1S/C14H21NS/c1-10-4-3-5-13(7-10)16-14-8-11(2)6-12(15)9-14/h6,8-10,13H,3-5,7,15H2,1-2H3. The van der Waals surface area contributed by atoms with Crippen molar-refractivity contribution in [1.29, 1.82) is 0 Å². The van der Waals surface area contributed by atoms with E-state index in [1.54, 1.807) is 0 Å². The molecule has 1 fully saturated rings. The minimum Gasteiger partial charge on any atom is -0.399 e. The van der Waals surface area contributed by atoms with E-state index in [1.165, 1.54) is 36.1 Å². The van der Waals surface area contributed by atoms with Crippen LogP contribution in [-0.2, 0) is 0 Å². The summed E-state index contributed by atoms with van der Waals surface area (Å²) in [5.41, 5.74) is 8.04. The van der Waals surface area contributed by atoms with Crippen molar-refractivity contribution in [1.82, 2.24) is 0 Å². The Morgan fingerprint density at radius 1 is 1.25 bits per heavy atom. The summed E-state index contributed by atoms with van der Waals surface area (Å²) in [6.07, 6.45) is 5.52. The second-order valence-corrected chi connectivity index (χ2v) is 6.46. The van der Waals surface area contributed by atoms with Gasteiger partial charge in [-0.2, -0.15) is 0 Å². The van der Waals surface area contributed by atoms with Crippen molar-refractivity contribution >= 4 is 17.4 Å². The molecule has 1 aliphatic carbocycles. The molecule has 1 aliphatic rings. The van der Waals surface area contributed by atoms with Crippen LogP contribution in [0, 0.1) is 12.8 Å². The number of aryl methyl sites for hydroxylation is 1. The lowest BCUT2D eigenvalue weighted by atomic mass is 9.91. The third kappa shape index (κ3) is 3.18. The van der Waals surface area contributed by atoms with Gasteiger partial charge in [0.2, 0.25) is 0 Å². The largest absolute Gasteiger partial charge is 0.399 e. The summed E-state index contributed by atoms with van der Waals surface area (Å²) in [6.45, 7) is 4.49. The first kappa shape index (κ1) is 11.8. The molecule has 0 spiro atoms. The predicted octanol–water partition coefficient (Wildman–Crippen LogP) is 4.25. The molecule has 1 saturated carbocycles. The van der Waals surface area contributed by atoms with Crippen LogP contribution in [0.25, 0.3) is 0 Å². The van der Waals surface area contributed by atoms with E-state index in [2.05, 4.69) is 26.0 Å². The van der Waals surface area contributed by atoms with E-state index in [0.29, 0.717) is 0 Å². The van der Waals surface area contributed by atoms with Crippen LogP contribution in [0.4, 0.5) is 5.69 Å². The number of thioether (sulfide) groups is 1. The summed E-state index contributed by atoms with van der Waals surface area (Å²) in [5, 5.41) is 0.796. The van der Waals surface area contributed by atoms with Crippen molar-refractivity contribution < 1.29 is 0 Å². The lowest BCUT2D eigenvalue weighted by Gasteiger charge is -2.26. The van der Waals surface area contributed by atoms with E-state index in [0.717, 1.165) is 16.9 Å². The molecule has 0 saturated heterocycles. The highest BCUT2D eigenvalue weighted by molar-refractivity contribution is 8.00. The second kappa shape index (κ2) is 5.13. The summed E-state index contributed by atoms with van der Waals surface area (Å²) in [4.78, 5) is 1.34. The van der Waals surface area contributed by atoms with E-state index in [4.69, 9.17) is 5.73 Å². The molecule has 1 aromatic rings. The number of anilines is 1. The van der Waals surface area contributed by atoms with Crippen molar-refractivity contribution in [3.63, 3.8) is 0 Å². The van der Waals surface area contributed by atoms with Gasteiger partial charge >= 0.3 is 0 Å². The average molecular weight is 235 g/mol. The molecule has 16 heavy (non-hydrogen) atoms. The number of benzene rings is 1. The first-order valence-corrected chi connectivity index (χ1v) is 7.05. The van der Waals surface area contributed by atoms with E-state index >= 15 is 0 Å². The maximum Gasteiger partial charge on any atom is 0.0327 e. The first-order chi connectivity index (χ1) is 7.63. The van der Waals surface area contributed by atoms with E-state index < -0.39 is 0 Å². The van der Waals surface area contributed by atoms with Gasteiger partial charge in [0, 0.05) is 15.8 Å². The lowest BCUT2D eigenvalue weighted by Crippen LogP contribution is -2.14. The summed E-state index contributed by atoms with van der Waals surface area (Å²) in [5.74, 6) is 0.897. The van der Waals surface area contributed by atoms with Crippen LogP contribution < -0.4 is 5.73 Å². The average Bonchev–Trinajstić information content (AvgIpc) is 2.15. The third-order valence-corrected chi connectivity index (χ3v) is 4.53. The third-order valence-electron chi connectivity index (χ3n) is 3.26. The van der Waals surface area contributed by atoms with Crippen LogP contribution in [0.1, 0.15) is 38.2 Å². The van der Waals surface area contributed by atoms with Gasteiger partial charge in [-0.15, -0.1) is 11.8 Å². The molecule has 2 heteroatoms. The van der Waals surface area contributed by atoms with Gasteiger partial charge in [0.15, 0.2) is 0 Å². The highest BCUT2D eigenvalue weighted by Crippen LogP contribution is 2.36. The molecule has 2 N–H and O–H groups in total. The highest BCUT2D eigenvalue weighted by Gasteiger charge is 2.19. The molecular weight excluding hydrogens is 214 g/mol. The highest BCUT2D eigenvalue weighted by atomic mass is 32.2. The minimum atomic E-state index is 0.796. The van der Waals surface area contributed by atoms with Crippen molar-refractivity contribution in [2.24, 2.45) is 5.92 Å². The Kier molecular flexibility index (Phi) is 3.80. The smallest absolute Gasteiger partial charge is 0.0327 e. The molecule has 1 aromatic carbocycles. The molecule has 1 nitrogen and oxygen atoms in total. The van der Waals surface area contributed by atoms with Crippen LogP contribution in [0.2, 0.25) is 0 Å². The van der Waals surface area contributed by atoms with Gasteiger partial charge < -0.3 is 5.73 Å². The maximum atomic E-state index is 5.88. The molecule has 88 valence electrons. The zero-order valence-corrected chi connectivity index (χ0v) is 11.0. The van der Waals surface area contributed by atoms with Crippen LogP contribution in [-0.4, -0.2) is 5.25 Å². The van der Waals surface area contributed by atoms with Crippen molar-refractivity contribution in [2.75, 3.05) is 5.73 Å². The quantitative estimate of drug-likeness (QED) is 0.776. The van der Waals surface area contributed by atoms with Gasteiger partial charge in [0.05, 0.1) is 0 Å². The van der Waals surface area contributed by atoms with Gasteiger partial charge in [-0.05, 0) is 49.4 Å². The zero-order valence-electron chi connectivity index (χ0n) is 10.2. The molecule has 0 bridgehead atoms. The topological polar surface area (TPSA) is 26.0 Å². The van der Waals surface area contributed by atoms with E-state index in [9.17, 15) is 0 Å². The molecule has 0 radical (unpaired) electrons. The molecular formula is C14H21NS. The Bertz CT molecular complexity index is 342. The maximum absolute atomic E-state index is 5.88. The molecule has 2 rings (SSSR count). The first-order valence-electron chi connectivity index (χ1n) is 6.17. The monoisotopic (exact) mass is 235 g/mol. The van der Waals surface area contributed by atoms with Gasteiger partial charge in [-0.3, -0.25) is 0 Å². The molecule has 0 aliphatic heterocycles. The van der Waals surface area contributed by atoms with E-state index in [-0.39, 0.29) is 0 Å². The van der Waals surface area contributed by atoms with Crippen molar-refractivity contribution in [3.8, 4) is 0 Å². The van der Waals surface area contributed by atoms with Gasteiger partial charge in [0.1, 0.15) is 0 Å². The second-order valence-electron chi connectivity index (χ2n) is 5.09. The molecule has 2 unspecified atom stereocenters. The number of hydrogen-bond acceptors (Lipinski definition) is 2. The molecule has 2 atom stereocenters. The minimum absolute atomic E-state index is 0.796. The Morgan fingerprint density at radius 2 is 2.06 bits per heavy atom. The Labute approximate surface area is 103 Å². The Balaban J connectivity index is 2.02. The van der Waals surface area contributed by atoms with Crippen LogP contribution in [0.3, 0.4) is 0 Å². The Hall–Kier alpha value is -0.630. The molecule has 0 aromatic heterocycles. The van der Waals surface area contributed by atoms with Gasteiger partial charge in [-0.1, -0.05) is 19.8 Å². The normalized spacial score (nSPS) is 25.6. The SMILES string of the molecule is Cc1cc(N)cc(SC2CCCC(C)C2)c1. The molecule has 0 amide bonds. The zero-order chi connectivity index (χ0) is 11.5. The van der Waals surface area contributed by atoms with Gasteiger partial charge in [-0.25, -0.2) is 0 Å². The lowest BCUT2D eigenvalue weighted by molar-refractivity contribution is 0.394. The number of hydrogen-bond donors (Lipinski definition) is 1. The van der Waals surface area contributed by atoms with Crippen LogP contribution in [0.15, 0.2) is 23.1 Å². The summed E-state index contributed by atoms with van der Waals surface area (Å²) >= 11 is 2.02. The number of nitrogens with two attached hydrogens (primary N) is 1. The Morgan fingerprint density at radius 3 is 2.75 bits per heavy atom. The fourth-order valence-electron chi connectivity index (χ4n) is 2.52. The number of nitrogen functional groups attached to an aromatic ring is 1. The van der Waals surface area contributed by atoms with Gasteiger partial charge in [0.25, 0.3) is 0 Å². The summed E-state index contributed by atoms with van der Waals surface area (Å²) in [6, 6.07) is 6.39. The molecule has 0 heterocycles. The predicted molar refractivity (Wildman–Crippen MR) is 72.9 cm³/mol. The van der Waals surface area contributed by atoms with E-state index in [1.807, 2.05) is 17.8 Å². The summed E-state index contributed by atoms with van der Waals surface area (Å²) < 4.78 is 0. The van der Waals surface area contributed by atoms with Crippen molar-refractivity contribution in [2.45, 2.75) is 49.7 Å². The van der Waals surface area contributed by atoms with Crippen LogP contribution in [0.5, 0.6) is 0 Å². The number of rotatable bonds is 2. The summed E-state index contributed by atoms with van der Waals surface area (Å²) in [7, 11) is 0. The fraction of sp³-hybridized carbons (Fsp3) is 0.571. The fourth-order valence-corrected chi connectivity index (χ4v) is 4.07.